The van der Waals surface area contributed by atoms with Crippen molar-refractivity contribution in [2.24, 2.45) is 11.3 Å². The van der Waals surface area contributed by atoms with Crippen LogP contribution in [0.15, 0.2) is 0 Å². The van der Waals surface area contributed by atoms with E-state index in [2.05, 4.69) is 29.8 Å². The maximum atomic E-state index is 13.4. The highest BCUT2D eigenvalue weighted by molar-refractivity contribution is 5.80. The first-order valence-electron chi connectivity index (χ1n) is 11.3. The van der Waals surface area contributed by atoms with Crippen LogP contribution in [0.1, 0.15) is 78.6 Å². The Kier molecular flexibility index (Phi) is 9.72. The highest BCUT2D eigenvalue weighted by atomic mass is 16.5. The second kappa shape index (κ2) is 11.8. The summed E-state index contributed by atoms with van der Waals surface area (Å²) in [6, 6.07) is 0.0804. The summed E-state index contributed by atoms with van der Waals surface area (Å²) in [5.41, 5.74) is -0.664. The van der Waals surface area contributed by atoms with Gasteiger partial charge in [0.25, 0.3) is 0 Å². The van der Waals surface area contributed by atoms with Crippen molar-refractivity contribution in [1.29, 1.82) is 0 Å². The van der Waals surface area contributed by atoms with Crippen LogP contribution in [-0.2, 0) is 14.3 Å². The van der Waals surface area contributed by atoms with Crippen LogP contribution in [0.5, 0.6) is 0 Å². The molecule has 2 aliphatic rings. The van der Waals surface area contributed by atoms with E-state index in [-0.39, 0.29) is 24.0 Å². The van der Waals surface area contributed by atoms with Gasteiger partial charge in [-0.3, -0.25) is 9.59 Å². The van der Waals surface area contributed by atoms with Crippen molar-refractivity contribution < 1.29 is 14.3 Å². The van der Waals surface area contributed by atoms with Crippen LogP contribution in [0.3, 0.4) is 0 Å². The van der Waals surface area contributed by atoms with Gasteiger partial charge in [-0.05, 0) is 44.7 Å². The van der Waals surface area contributed by atoms with Gasteiger partial charge in [-0.2, -0.15) is 0 Å². The van der Waals surface area contributed by atoms with Gasteiger partial charge in [-0.15, -0.1) is 0 Å². The van der Waals surface area contributed by atoms with Crippen molar-refractivity contribution in [2.75, 3.05) is 26.2 Å². The molecule has 0 aromatic carbocycles. The van der Waals surface area contributed by atoms with E-state index in [1.807, 2.05) is 0 Å². The van der Waals surface area contributed by atoms with Crippen molar-refractivity contribution in [3.05, 3.63) is 0 Å². The van der Waals surface area contributed by atoms with Crippen molar-refractivity contribution in [2.45, 2.75) is 90.7 Å². The van der Waals surface area contributed by atoms with Gasteiger partial charge in [0.1, 0.15) is 11.5 Å². The molecule has 2 saturated heterocycles. The van der Waals surface area contributed by atoms with Crippen molar-refractivity contribution in [3.63, 3.8) is 0 Å². The van der Waals surface area contributed by atoms with Crippen LogP contribution in [0.25, 0.3) is 0 Å². The number of carbonyl (C=O) groups excluding carboxylic acids is 2. The molecule has 0 spiro atoms. The number of unbranched alkanes of at least 4 members (excludes halogenated alkanes) is 3. The lowest BCUT2D eigenvalue weighted by Crippen LogP contribution is -2.55. The van der Waals surface area contributed by atoms with Crippen LogP contribution in [0.2, 0.25) is 0 Å². The zero-order chi connectivity index (χ0) is 20.4. The van der Waals surface area contributed by atoms with Gasteiger partial charge in [-0.25, -0.2) is 0 Å². The van der Waals surface area contributed by atoms with Gasteiger partial charge < -0.3 is 20.7 Å². The molecule has 0 bridgehead atoms. The molecular formula is C22H41N3O3. The van der Waals surface area contributed by atoms with E-state index in [0.717, 1.165) is 64.1 Å². The zero-order valence-electron chi connectivity index (χ0n) is 18.1. The normalized spacial score (nSPS) is 24.3. The largest absolute Gasteiger partial charge is 0.460 e. The van der Waals surface area contributed by atoms with E-state index in [0.29, 0.717) is 6.54 Å². The van der Waals surface area contributed by atoms with Gasteiger partial charge >= 0.3 is 5.97 Å². The fourth-order valence-electron chi connectivity index (χ4n) is 4.48. The van der Waals surface area contributed by atoms with Gasteiger partial charge in [0.05, 0.1) is 0 Å². The fraction of sp³-hybridized carbons (Fsp3) is 0.909. The van der Waals surface area contributed by atoms with E-state index in [1.165, 1.54) is 26.2 Å². The lowest BCUT2D eigenvalue weighted by atomic mass is 9.74. The third-order valence-corrected chi connectivity index (χ3v) is 6.23. The number of nitrogens with one attached hydrogen (secondary N) is 3. The molecule has 2 unspecified atom stereocenters. The van der Waals surface area contributed by atoms with Crippen molar-refractivity contribution >= 4 is 11.9 Å². The predicted octanol–water partition coefficient (Wildman–Crippen LogP) is 2.76. The summed E-state index contributed by atoms with van der Waals surface area (Å²) in [5.74, 6) is 0.530. The Hall–Kier alpha value is -1.14. The summed E-state index contributed by atoms with van der Waals surface area (Å²) < 4.78 is 5.94. The van der Waals surface area contributed by atoms with Crippen molar-refractivity contribution in [1.82, 2.24) is 16.0 Å². The molecule has 1 amide bonds. The van der Waals surface area contributed by atoms with Gasteiger partial charge in [-0.1, -0.05) is 46.0 Å². The van der Waals surface area contributed by atoms with Crippen LogP contribution in [0, 0.1) is 11.3 Å². The Balaban J connectivity index is 2.03. The summed E-state index contributed by atoms with van der Waals surface area (Å²) in [5, 5.41) is 9.73. The Bertz CT molecular complexity index is 485. The second-order valence-corrected chi connectivity index (χ2v) is 9.08. The maximum Gasteiger partial charge on any atom is 0.315 e. The van der Waals surface area contributed by atoms with Gasteiger partial charge in [0.15, 0.2) is 0 Å². The van der Waals surface area contributed by atoms with Crippen LogP contribution in [0.4, 0.5) is 0 Å². The molecular weight excluding hydrogens is 354 g/mol. The molecule has 2 heterocycles. The Morgan fingerprint density at radius 3 is 2.54 bits per heavy atom. The molecule has 0 aromatic heterocycles. The average molecular weight is 396 g/mol. The molecule has 28 heavy (non-hydrogen) atoms. The minimum absolute atomic E-state index is 0.0448. The van der Waals surface area contributed by atoms with E-state index in [4.69, 9.17) is 4.74 Å². The maximum absolute atomic E-state index is 13.4. The highest BCUT2D eigenvalue weighted by Gasteiger charge is 2.48. The third-order valence-electron chi connectivity index (χ3n) is 6.23. The first-order chi connectivity index (χ1) is 13.4. The minimum Gasteiger partial charge on any atom is -0.460 e. The van der Waals surface area contributed by atoms with E-state index in [9.17, 15) is 9.59 Å². The molecule has 6 nitrogen and oxygen atoms in total. The lowest BCUT2D eigenvalue weighted by molar-refractivity contribution is -0.163. The predicted molar refractivity (Wildman–Crippen MR) is 112 cm³/mol. The molecule has 0 aromatic rings. The van der Waals surface area contributed by atoms with Crippen LogP contribution in [-0.4, -0.2) is 50.2 Å². The molecule has 3 N–H and O–H groups in total. The Morgan fingerprint density at radius 2 is 1.93 bits per heavy atom. The number of esters is 1. The standard InChI is InChI=1S/C22H41N3O3/c1-17(2)9-6-4-5-7-12-22(16-25-18(3)26,20-10-8-13-24-20)21(27)28-19-11-14-23-15-19/h17,19-20,23-24H,4-16H2,1-3H3,(H,25,26)/t19?,20-,22?/m0/s1. The molecule has 2 rings (SSSR count). The second-order valence-electron chi connectivity index (χ2n) is 9.08. The average Bonchev–Trinajstić information content (AvgIpc) is 3.34. The van der Waals surface area contributed by atoms with Crippen LogP contribution >= 0.6 is 0 Å². The summed E-state index contributed by atoms with van der Waals surface area (Å²) in [4.78, 5) is 25.0. The third kappa shape index (κ3) is 7.03. The molecule has 3 atom stereocenters. The minimum atomic E-state index is -0.664. The molecule has 0 saturated carbocycles. The summed E-state index contributed by atoms with van der Waals surface area (Å²) in [6.45, 7) is 8.97. The van der Waals surface area contributed by atoms with E-state index in [1.54, 1.807) is 0 Å². The van der Waals surface area contributed by atoms with Gasteiger partial charge in [0.2, 0.25) is 5.91 Å². The first kappa shape index (κ1) is 23.1. The number of rotatable bonds is 12. The molecule has 0 radical (unpaired) electrons. The van der Waals surface area contributed by atoms with Crippen molar-refractivity contribution in [3.8, 4) is 0 Å². The molecule has 2 aliphatic heterocycles. The van der Waals surface area contributed by atoms with E-state index < -0.39 is 5.41 Å². The fourth-order valence-corrected chi connectivity index (χ4v) is 4.48. The summed E-state index contributed by atoms with van der Waals surface area (Å²) >= 11 is 0. The molecule has 2 fully saturated rings. The topological polar surface area (TPSA) is 79.5 Å². The Labute approximate surface area is 170 Å². The van der Waals surface area contributed by atoms with Gasteiger partial charge in [0, 0.05) is 26.1 Å². The summed E-state index contributed by atoms with van der Waals surface area (Å²) in [7, 11) is 0. The Morgan fingerprint density at radius 1 is 1.14 bits per heavy atom. The number of hydrogen-bond donors (Lipinski definition) is 3. The highest BCUT2D eigenvalue weighted by Crippen LogP contribution is 2.36. The monoisotopic (exact) mass is 395 g/mol. The first-order valence-corrected chi connectivity index (χ1v) is 11.3. The summed E-state index contributed by atoms with van der Waals surface area (Å²) in [6.07, 6.45) is 9.46. The quantitative estimate of drug-likeness (QED) is 0.350. The molecule has 6 heteroatoms. The lowest BCUT2D eigenvalue weighted by Gasteiger charge is -2.38. The SMILES string of the molecule is CC(=O)NCC(CCCCCCC(C)C)(C(=O)OC1CCNC1)[C@@H]1CCCN1. The number of carbonyl (C=O) groups is 2. The molecule has 162 valence electrons. The molecule has 0 aliphatic carbocycles. The smallest absolute Gasteiger partial charge is 0.315 e. The zero-order valence-corrected chi connectivity index (χ0v) is 18.1. The number of hydrogen-bond acceptors (Lipinski definition) is 5. The van der Waals surface area contributed by atoms with E-state index >= 15 is 0 Å². The van der Waals surface area contributed by atoms with Crippen LogP contribution < -0.4 is 16.0 Å². The number of ether oxygens (including phenoxy) is 1. The number of amides is 1.